The molecular formula is C28H27ClF3N3. The van der Waals surface area contributed by atoms with Gasteiger partial charge in [-0.3, -0.25) is 9.88 Å². The summed E-state index contributed by atoms with van der Waals surface area (Å²) in [5.41, 5.74) is 2.64. The van der Waals surface area contributed by atoms with Gasteiger partial charge in [-0.2, -0.15) is 13.2 Å². The van der Waals surface area contributed by atoms with Crippen LogP contribution in [0.2, 0.25) is 5.02 Å². The van der Waals surface area contributed by atoms with Crippen LogP contribution in [0.25, 0.3) is 10.9 Å². The van der Waals surface area contributed by atoms with Crippen LogP contribution in [0.5, 0.6) is 0 Å². The Morgan fingerprint density at radius 3 is 2.43 bits per heavy atom. The summed E-state index contributed by atoms with van der Waals surface area (Å²) in [4.78, 5) is 6.45. The normalized spacial score (nSPS) is 11.8. The Labute approximate surface area is 208 Å². The Hall–Kier alpha value is -3.09. The van der Waals surface area contributed by atoms with E-state index in [1.54, 1.807) is 18.3 Å². The summed E-state index contributed by atoms with van der Waals surface area (Å²) in [6.45, 7) is 2.28. The van der Waals surface area contributed by atoms with Crippen molar-refractivity contribution in [2.75, 3.05) is 18.4 Å². The van der Waals surface area contributed by atoms with Gasteiger partial charge in [-0.15, -0.1) is 0 Å². The molecule has 1 N–H and O–H groups in total. The fourth-order valence-corrected chi connectivity index (χ4v) is 4.36. The fraction of sp³-hybridized carbons (Fsp3) is 0.250. The Morgan fingerprint density at radius 2 is 1.63 bits per heavy atom. The third-order valence-electron chi connectivity index (χ3n) is 5.89. The minimum Gasteiger partial charge on any atom is -0.384 e. The van der Waals surface area contributed by atoms with Gasteiger partial charge in [0.2, 0.25) is 0 Å². The molecule has 0 radical (unpaired) electrons. The lowest BCUT2D eigenvalue weighted by Crippen LogP contribution is -2.26. The van der Waals surface area contributed by atoms with Gasteiger partial charge in [-0.1, -0.05) is 60.1 Å². The van der Waals surface area contributed by atoms with Crippen molar-refractivity contribution in [2.45, 2.75) is 32.1 Å². The summed E-state index contributed by atoms with van der Waals surface area (Å²) in [5.74, 6) is 0. The van der Waals surface area contributed by atoms with E-state index in [9.17, 15) is 13.2 Å². The number of pyridine rings is 1. The number of hydrogen-bond acceptors (Lipinski definition) is 3. The highest BCUT2D eigenvalue weighted by molar-refractivity contribution is 6.31. The zero-order valence-electron chi connectivity index (χ0n) is 19.2. The van der Waals surface area contributed by atoms with Gasteiger partial charge in [0.25, 0.3) is 0 Å². The molecule has 3 nitrogen and oxygen atoms in total. The van der Waals surface area contributed by atoms with E-state index in [1.165, 1.54) is 6.07 Å². The summed E-state index contributed by atoms with van der Waals surface area (Å²) >= 11 is 6.07. The van der Waals surface area contributed by atoms with Crippen molar-refractivity contribution in [3.8, 4) is 0 Å². The van der Waals surface area contributed by atoms with Crippen molar-refractivity contribution in [1.82, 2.24) is 9.88 Å². The topological polar surface area (TPSA) is 28.2 Å². The average Bonchev–Trinajstić information content (AvgIpc) is 2.84. The SMILES string of the molecule is FC(F)(F)c1ccccc1CN(CCCCNc1ccnc2cc(Cl)ccc12)Cc1ccccc1. The molecule has 0 fully saturated rings. The smallest absolute Gasteiger partial charge is 0.384 e. The van der Waals surface area contributed by atoms with Gasteiger partial charge >= 0.3 is 6.18 Å². The van der Waals surface area contributed by atoms with Crippen molar-refractivity contribution in [3.05, 3.63) is 107 Å². The summed E-state index contributed by atoms with van der Waals surface area (Å²) in [5, 5.41) is 5.11. The predicted octanol–water partition coefficient (Wildman–Crippen LogP) is 7.80. The maximum Gasteiger partial charge on any atom is 0.416 e. The second kappa shape index (κ2) is 11.6. The van der Waals surface area contributed by atoms with E-state index in [0.717, 1.165) is 47.6 Å². The zero-order valence-corrected chi connectivity index (χ0v) is 20.0. The third-order valence-corrected chi connectivity index (χ3v) is 6.12. The number of benzene rings is 3. The largest absolute Gasteiger partial charge is 0.416 e. The number of hydrogen-bond donors (Lipinski definition) is 1. The molecule has 0 atom stereocenters. The highest BCUT2D eigenvalue weighted by Gasteiger charge is 2.33. The van der Waals surface area contributed by atoms with Gasteiger partial charge in [-0.25, -0.2) is 0 Å². The van der Waals surface area contributed by atoms with Crippen LogP contribution >= 0.6 is 11.6 Å². The van der Waals surface area contributed by atoms with E-state index in [2.05, 4.69) is 15.2 Å². The molecule has 0 saturated carbocycles. The second-order valence-electron chi connectivity index (χ2n) is 8.51. The van der Waals surface area contributed by atoms with E-state index in [4.69, 9.17) is 11.6 Å². The van der Waals surface area contributed by atoms with Gasteiger partial charge in [0.1, 0.15) is 0 Å². The second-order valence-corrected chi connectivity index (χ2v) is 8.94. The van der Waals surface area contributed by atoms with E-state index < -0.39 is 11.7 Å². The van der Waals surface area contributed by atoms with Gasteiger partial charge in [-0.05, 0) is 60.8 Å². The fourth-order valence-electron chi connectivity index (χ4n) is 4.19. The molecule has 0 aliphatic rings. The summed E-state index contributed by atoms with van der Waals surface area (Å²) in [7, 11) is 0. The molecule has 0 bridgehead atoms. The number of alkyl halides is 3. The Bertz CT molecular complexity index is 1250. The first-order valence-corrected chi connectivity index (χ1v) is 12.0. The first kappa shape index (κ1) is 25.0. The molecule has 0 aliphatic heterocycles. The van der Waals surface area contributed by atoms with Crippen molar-refractivity contribution >= 4 is 28.2 Å². The van der Waals surface area contributed by atoms with Crippen LogP contribution in [0, 0.1) is 0 Å². The first-order valence-electron chi connectivity index (χ1n) is 11.6. The van der Waals surface area contributed by atoms with Gasteiger partial charge < -0.3 is 5.32 Å². The minimum atomic E-state index is -4.36. The Morgan fingerprint density at radius 1 is 0.857 bits per heavy atom. The van der Waals surface area contributed by atoms with Crippen LogP contribution in [0.15, 0.2) is 85.1 Å². The zero-order chi connectivity index (χ0) is 24.7. The van der Waals surface area contributed by atoms with Crippen molar-refractivity contribution in [2.24, 2.45) is 0 Å². The lowest BCUT2D eigenvalue weighted by Gasteiger charge is -2.24. The molecule has 0 spiro atoms. The molecule has 0 unspecified atom stereocenters. The maximum absolute atomic E-state index is 13.5. The van der Waals surface area contributed by atoms with Crippen LogP contribution in [0.4, 0.5) is 18.9 Å². The third kappa shape index (κ3) is 6.96. The average molecular weight is 498 g/mol. The molecule has 4 rings (SSSR count). The van der Waals surface area contributed by atoms with E-state index in [0.29, 0.717) is 23.7 Å². The molecule has 7 heteroatoms. The summed E-state index contributed by atoms with van der Waals surface area (Å²) < 4.78 is 40.6. The predicted molar refractivity (Wildman–Crippen MR) is 136 cm³/mol. The lowest BCUT2D eigenvalue weighted by molar-refractivity contribution is -0.138. The number of nitrogens with zero attached hydrogens (tertiary/aromatic N) is 2. The highest BCUT2D eigenvalue weighted by Crippen LogP contribution is 2.32. The molecule has 0 saturated heterocycles. The first-order chi connectivity index (χ1) is 16.9. The van der Waals surface area contributed by atoms with Crippen LogP contribution in [0.1, 0.15) is 29.5 Å². The number of halogens is 4. The van der Waals surface area contributed by atoms with Crippen LogP contribution < -0.4 is 5.32 Å². The Balaban J connectivity index is 1.38. The number of fused-ring (bicyclic) bond motifs is 1. The molecule has 182 valence electrons. The minimum absolute atomic E-state index is 0.244. The summed E-state index contributed by atoms with van der Waals surface area (Å²) in [6, 6.07) is 23.3. The van der Waals surface area contributed by atoms with Crippen LogP contribution in [-0.2, 0) is 19.3 Å². The summed E-state index contributed by atoms with van der Waals surface area (Å²) in [6.07, 6.45) is -0.885. The van der Waals surface area contributed by atoms with E-state index >= 15 is 0 Å². The van der Waals surface area contributed by atoms with E-state index in [1.807, 2.05) is 54.6 Å². The molecule has 1 aromatic heterocycles. The molecule has 35 heavy (non-hydrogen) atoms. The monoisotopic (exact) mass is 497 g/mol. The number of rotatable bonds is 10. The van der Waals surface area contributed by atoms with Gasteiger partial charge in [0.05, 0.1) is 11.1 Å². The van der Waals surface area contributed by atoms with Gasteiger partial charge in [0, 0.05) is 41.9 Å². The molecule has 3 aromatic carbocycles. The quantitative estimate of drug-likeness (QED) is 0.226. The van der Waals surface area contributed by atoms with Crippen LogP contribution in [0.3, 0.4) is 0 Å². The van der Waals surface area contributed by atoms with Crippen LogP contribution in [-0.4, -0.2) is 23.0 Å². The molecule has 4 aromatic rings. The van der Waals surface area contributed by atoms with E-state index in [-0.39, 0.29) is 6.54 Å². The molecule has 0 aliphatic carbocycles. The van der Waals surface area contributed by atoms with Crippen molar-refractivity contribution in [1.29, 1.82) is 0 Å². The van der Waals surface area contributed by atoms with Crippen molar-refractivity contribution in [3.63, 3.8) is 0 Å². The highest BCUT2D eigenvalue weighted by atomic mass is 35.5. The molecular weight excluding hydrogens is 471 g/mol. The lowest BCUT2D eigenvalue weighted by atomic mass is 10.1. The standard InChI is InChI=1S/C28H27ClF3N3/c29-23-12-13-24-26(14-16-34-27(24)18-23)33-15-6-7-17-35(19-21-8-2-1-3-9-21)20-22-10-4-5-11-25(22)28(30,31)32/h1-5,8-14,16,18H,6-7,15,17,19-20H2,(H,33,34). The molecule has 1 heterocycles. The number of anilines is 1. The maximum atomic E-state index is 13.5. The Kier molecular flexibility index (Phi) is 8.26. The molecule has 0 amide bonds. The number of unbranched alkanes of at least 4 members (excludes halogenated alkanes) is 1. The van der Waals surface area contributed by atoms with Gasteiger partial charge in [0.15, 0.2) is 0 Å². The number of nitrogens with one attached hydrogen (secondary N) is 1. The number of aromatic nitrogens is 1. The van der Waals surface area contributed by atoms with Crippen molar-refractivity contribution < 1.29 is 13.2 Å².